The van der Waals surface area contributed by atoms with Crippen LogP contribution in [0.15, 0.2) is 22.7 Å². The summed E-state index contributed by atoms with van der Waals surface area (Å²) in [6, 6.07) is 5.30. The highest BCUT2D eigenvalue weighted by atomic mass is 79.9. The summed E-state index contributed by atoms with van der Waals surface area (Å²) < 4.78 is 0.866. The molecule has 0 spiro atoms. The van der Waals surface area contributed by atoms with Gasteiger partial charge in [-0.3, -0.25) is 14.5 Å². The Hall–Kier alpha value is -1.36. The van der Waals surface area contributed by atoms with Crippen molar-refractivity contribution < 1.29 is 9.59 Å². The number of hydrogen-bond donors (Lipinski definition) is 1. The number of carbonyl (C=O) groups excluding carboxylic acids is 2. The maximum Gasteiger partial charge on any atom is 0.253 e. The third kappa shape index (κ3) is 2.59. The molecule has 4 nitrogen and oxygen atoms in total. The van der Waals surface area contributed by atoms with E-state index in [1.165, 1.54) is 0 Å². The number of nitrogens with zero attached hydrogens (tertiary/aromatic N) is 1. The van der Waals surface area contributed by atoms with Crippen LogP contribution in [0.1, 0.15) is 39.2 Å². The summed E-state index contributed by atoms with van der Waals surface area (Å²) >= 11 is 3.55. The molecular weight excluding hydrogens is 332 g/mol. The number of piperazine rings is 1. The van der Waals surface area contributed by atoms with Gasteiger partial charge >= 0.3 is 0 Å². The van der Waals surface area contributed by atoms with Gasteiger partial charge in [-0.2, -0.15) is 0 Å². The summed E-state index contributed by atoms with van der Waals surface area (Å²) in [4.78, 5) is 27.0. The second-order valence-corrected chi connectivity index (χ2v) is 6.48. The molecule has 1 aromatic rings. The molecule has 2 atom stereocenters. The average Bonchev–Trinajstić information content (AvgIpc) is 2.46. The molecule has 1 fully saturated rings. The summed E-state index contributed by atoms with van der Waals surface area (Å²) in [6.07, 6.45) is 1.14. The first-order valence-electron chi connectivity index (χ1n) is 7.26. The Kier molecular flexibility index (Phi) is 4.42. The van der Waals surface area contributed by atoms with Gasteiger partial charge in [-0.05, 0) is 54.2 Å². The summed E-state index contributed by atoms with van der Waals surface area (Å²) in [7, 11) is 0. The number of aryl methyl sites for hydroxylation is 1. The zero-order valence-electron chi connectivity index (χ0n) is 12.9. The molecule has 0 aromatic heterocycles. The minimum atomic E-state index is -0.841. The molecule has 0 radical (unpaired) electrons. The van der Waals surface area contributed by atoms with E-state index in [1.807, 2.05) is 39.0 Å². The van der Waals surface area contributed by atoms with Gasteiger partial charge in [-0.15, -0.1) is 0 Å². The molecule has 2 amide bonds. The normalized spacial score (nSPS) is 26.0. The molecule has 0 saturated carbocycles. The monoisotopic (exact) mass is 352 g/mol. The first-order chi connectivity index (χ1) is 9.85. The van der Waals surface area contributed by atoms with Crippen molar-refractivity contribution >= 4 is 33.4 Å². The standard InChI is InChI=1S/C16H21BrN2O2/c1-5-11-14(20)18-16(4,6-2)15(21)19(11)12-9-7-8-10(3)13(12)17/h7-9,11H,5-6H2,1-4H3,(H,18,20). The first-order valence-corrected chi connectivity index (χ1v) is 8.05. The van der Waals surface area contributed by atoms with Crippen molar-refractivity contribution in [1.29, 1.82) is 0 Å². The van der Waals surface area contributed by atoms with Crippen LogP contribution in [0.3, 0.4) is 0 Å². The molecule has 1 saturated heterocycles. The van der Waals surface area contributed by atoms with Gasteiger partial charge in [0.1, 0.15) is 11.6 Å². The predicted octanol–water partition coefficient (Wildman–Crippen LogP) is 3.17. The van der Waals surface area contributed by atoms with Crippen LogP contribution in [0.4, 0.5) is 5.69 Å². The molecule has 1 heterocycles. The number of anilines is 1. The molecule has 114 valence electrons. The zero-order valence-corrected chi connectivity index (χ0v) is 14.5. The lowest BCUT2D eigenvalue weighted by molar-refractivity contribution is -0.138. The van der Waals surface area contributed by atoms with Crippen LogP contribution in [-0.4, -0.2) is 23.4 Å². The van der Waals surface area contributed by atoms with Gasteiger partial charge in [0.05, 0.1) is 5.69 Å². The molecule has 21 heavy (non-hydrogen) atoms. The van der Waals surface area contributed by atoms with Crippen LogP contribution in [0, 0.1) is 6.92 Å². The number of amides is 2. The quantitative estimate of drug-likeness (QED) is 0.908. The first kappa shape index (κ1) is 16.0. The van der Waals surface area contributed by atoms with Gasteiger partial charge in [-0.25, -0.2) is 0 Å². The van der Waals surface area contributed by atoms with Crippen molar-refractivity contribution in [3.63, 3.8) is 0 Å². The highest BCUT2D eigenvalue weighted by molar-refractivity contribution is 9.10. The van der Waals surface area contributed by atoms with E-state index < -0.39 is 11.6 Å². The molecule has 1 aliphatic rings. The van der Waals surface area contributed by atoms with Gasteiger partial charge in [0, 0.05) is 4.47 Å². The minimum absolute atomic E-state index is 0.0530. The van der Waals surface area contributed by atoms with Crippen molar-refractivity contribution in [1.82, 2.24) is 5.32 Å². The number of rotatable bonds is 3. The Bertz CT molecular complexity index is 588. The fourth-order valence-electron chi connectivity index (χ4n) is 2.64. The van der Waals surface area contributed by atoms with E-state index >= 15 is 0 Å². The maximum absolute atomic E-state index is 12.9. The molecule has 2 unspecified atom stereocenters. The third-order valence-electron chi connectivity index (χ3n) is 4.23. The molecule has 0 bridgehead atoms. The van der Waals surface area contributed by atoms with E-state index in [4.69, 9.17) is 0 Å². The molecule has 1 N–H and O–H groups in total. The topological polar surface area (TPSA) is 49.4 Å². The molecular formula is C16H21BrN2O2. The lowest BCUT2D eigenvalue weighted by atomic mass is 9.90. The van der Waals surface area contributed by atoms with Crippen LogP contribution < -0.4 is 10.2 Å². The summed E-state index contributed by atoms with van der Waals surface area (Å²) in [5.74, 6) is -0.141. The predicted molar refractivity (Wildman–Crippen MR) is 87.3 cm³/mol. The van der Waals surface area contributed by atoms with Crippen molar-refractivity contribution in [2.24, 2.45) is 0 Å². The summed E-state index contributed by atoms with van der Waals surface area (Å²) in [5.41, 5.74) is 0.965. The van der Waals surface area contributed by atoms with E-state index in [2.05, 4.69) is 21.2 Å². The minimum Gasteiger partial charge on any atom is -0.340 e. The second kappa shape index (κ2) is 5.79. The Morgan fingerprint density at radius 1 is 1.33 bits per heavy atom. The molecule has 1 aromatic carbocycles. The number of halogens is 1. The summed E-state index contributed by atoms with van der Waals surface area (Å²) in [6.45, 7) is 7.59. The highest BCUT2D eigenvalue weighted by Crippen LogP contribution is 2.35. The smallest absolute Gasteiger partial charge is 0.253 e. The van der Waals surface area contributed by atoms with Crippen LogP contribution in [0.5, 0.6) is 0 Å². The lowest BCUT2D eigenvalue weighted by Gasteiger charge is -2.44. The highest BCUT2D eigenvalue weighted by Gasteiger charge is 2.47. The van der Waals surface area contributed by atoms with Crippen LogP contribution >= 0.6 is 15.9 Å². The molecule has 0 aliphatic carbocycles. The van der Waals surface area contributed by atoms with Gasteiger partial charge in [0.2, 0.25) is 5.91 Å². The number of benzene rings is 1. The van der Waals surface area contributed by atoms with Crippen molar-refractivity contribution in [3.8, 4) is 0 Å². The Balaban J connectivity index is 2.58. The Morgan fingerprint density at radius 2 is 2.00 bits per heavy atom. The van der Waals surface area contributed by atoms with E-state index in [1.54, 1.807) is 11.8 Å². The summed E-state index contributed by atoms with van der Waals surface area (Å²) in [5, 5.41) is 2.88. The molecule has 2 rings (SSSR count). The van der Waals surface area contributed by atoms with Gasteiger partial charge in [-0.1, -0.05) is 26.0 Å². The van der Waals surface area contributed by atoms with Crippen molar-refractivity contribution in [2.45, 2.75) is 52.1 Å². The van der Waals surface area contributed by atoms with Gasteiger partial charge in [0.25, 0.3) is 5.91 Å². The Morgan fingerprint density at radius 3 is 2.57 bits per heavy atom. The van der Waals surface area contributed by atoms with E-state index in [0.29, 0.717) is 12.8 Å². The van der Waals surface area contributed by atoms with Crippen LogP contribution in [0.2, 0.25) is 0 Å². The fourth-order valence-corrected chi connectivity index (χ4v) is 3.09. The number of hydrogen-bond acceptors (Lipinski definition) is 2. The van der Waals surface area contributed by atoms with Crippen LogP contribution in [-0.2, 0) is 9.59 Å². The van der Waals surface area contributed by atoms with Gasteiger partial charge < -0.3 is 5.32 Å². The maximum atomic E-state index is 12.9. The fraction of sp³-hybridized carbons (Fsp3) is 0.500. The van der Waals surface area contributed by atoms with E-state index in [0.717, 1.165) is 15.7 Å². The third-order valence-corrected chi connectivity index (χ3v) is 5.26. The second-order valence-electron chi connectivity index (χ2n) is 5.68. The SMILES string of the molecule is CCC1C(=O)NC(C)(CC)C(=O)N1c1cccc(C)c1Br. The molecule has 1 aliphatic heterocycles. The zero-order chi connectivity index (χ0) is 15.8. The Labute approximate surface area is 134 Å². The number of nitrogens with one attached hydrogen (secondary N) is 1. The average molecular weight is 353 g/mol. The molecule has 5 heteroatoms. The van der Waals surface area contributed by atoms with Gasteiger partial charge in [0.15, 0.2) is 0 Å². The van der Waals surface area contributed by atoms with Crippen molar-refractivity contribution in [3.05, 3.63) is 28.2 Å². The largest absolute Gasteiger partial charge is 0.340 e. The van der Waals surface area contributed by atoms with E-state index in [9.17, 15) is 9.59 Å². The number of carbonyl (C=O) groups is 2. The van der Waals surface area contributed by atoms with Crippen LogP contribution in [0.25, 0.3) is 0 Å². The lowest BCUT2D eigenvalue weighted by Crippen LogP contribution is -2.69. The van der Waals surface area contributed by atoms with E-state index in [-0.39, 0.29) is 11.8 Å². The van der Waals surface area contributed by atoms with Crippen molar-refractivity contribution in [2.75, 3.05) is 4.90 Å².